The first-order chi connectivity index (χ1) is 7.91. The Bertz CT molecular complexity index is 352. The Morgan fingerprint density at radius 2 is 1.53 bits per heavy atom. The first-order valence-electron chi connectivity index (χ1n) is 6.42. The molecule has 0 unspecified atom stereocenters. The van der Waals surface area contributed by atoms with E-state index in [-0.39, 0.29) is 0 Å². The summed E-state index contributed by atoms with van der Waals surface area (Å²) in [7, 11) is 0. The van der Waals surface area contributed by atoms with Crippen molar-refractivity contribution in [3.8, 4) is 0 Å². The van der Waals surface area contributed by atoms with Gasteiger partial charge in [0.25, 0.3) is 0 Å². The molecule has 0 aliphatic carbocycles. The third kappa shape index (κ3) is 4.01. The first kappa shape index (κ1) is 14.0. The Morgan fingerprint density at radius 3 is 1.94 bits per heavy atom. The van der Waals surface area contributed by atoms with Crippen molar-refractivity contribution < 1.29 is 0 Å². The molecule has 0 atom stereocenters. The zero-order chi connectivity index (χ0) is 13.0. The Hall–Kier alpha value is -1.08. The largest absolute Gasteiger partial charge is 0.294 e. The molecule has 0 spiro atoms. The quantitative estimate of drug-likeness (QED) is 0.736. The number of aryl methyl sites for hydroxylation is 1. The third-order valence-corrected chi connectivity index (χ3v) is 3.16. The van der Waals surface area contributed by atoms with Crippen molar-refractivity contribution in [3.63, 3.8) is 0 Å². The smallest absolute Gasteiger partial charge is 0.0239 e. The summed E-state index contributed by atoms with van der Waals surface area (Å²) in [5, 5.41) is 0. The van der Waals surface area contributed by atoms with Crippen LogP contribution in [0.25, 0.3) is 5.57 Å². The van der Waals surface area contributed by atoms with E-state index in [2.05, 4.69) is 70.4 Å². The highest BCUT2D eigenvalue weighted by Crippen LogP contribution is 2.17. The Labute approximate surface area is 106 Å². The van der Waals surface area contributed by atoms with Crippen LogP contribution in [0.2, 0.25) is 0 Å². The predicted octanol–water partition coefficient (Wildman–Crippen LogP) is 4.13. The number of nitrogens with zero attached hydrogens (tertiary/aromatic N) is 1. The van der Waals surface area contributed by atoms with Crippen LogP contribution in [-0.4, -0.2) is 23.5 Å². The van der Waals surface area contributed by atoms with Crippen molar-refractivity contribution in [1.29, 1.82) is 0 Å². The number of hydrogen-bond acceptors (Lipinski definition) is 1. The molecule has 0 bridgehead atoms. The summed E-state index contributed by atoms with van der Waals surface area (Å²) in [4.78, 5) is 2.46. The second kappa shape index (κ2) is 6.02. The maximum absolute atomic E-state index is 4.22. The average Bonchev–Trinajstić information content (AvgIpc) is 2.25. The highest BCUT2D eigenvalue weighted by Gasteiger charge is 2.14. The lowest BCUT2D eigenvalue weighted by Crippen LogP contribution is -2.37. The minimum absolute atomic E-state index is 0.553. The fourth-order valence-electron chi connectivity index (χ4n) is 2.06. The van der Waals surface area contributed by atoms with Gasteiger partial charge in [-0.1, -0.05) is 36.4 Å². The molecular weight excluding hydrogens is 206 g/mol. The lowest BCUT2D eigenvalue weighted by Gasteiger charge is -2.31. The fourth-order valence-corrected chi connectivity index (χ4v) is 2.06. The van der Waals surface area contributed by atoms with E-state index in [0.29, 0.717) is 12.1 Å². The summed E-state index contributed by atoms with van der Waals surface area (Å²) in [6.45, 7) is 16.2. The second-order valence-electron chi connectivity index (χ2n) is 5.33. The summed E-state index contributed by atoms with van der Waals surface area (Å²) in [6, 6.07) is 9.73. The molecule has 0 saturated carbocycles. The summed E-state index contributed by atoms with van der Waals surface area (Å²) in [5.41, 5.74) is 3.75. The van der Waals surface area contributed by atoms with Gasteiger partial charge in [-0.3, -0.25) is 4.90 Å². The van der Waals surface area contributed by atoms with E-state index < -0.39 is 0 Å². The van der Waals surface area contributed by atoms with Crippen LogP contribution >= 0.6 is 0 Å². The minimum atomic E-state index is 0.553. The Kier molecular flexibility index (Phi) is 4.95. The van der Waals surface area contributed by atoms with E-state index >= 15 is 0 Å². The molecule has 1 aromatic rings. The molecule has 0 aromatic heterocycles. The number of hydrogen-bond donors (Lipinski definition) is 0. The van der Waals surface area contributed by atoms with E-state index in [4.69, 9.17) is 0 Å². The molecule has 1 rings (SSSR count). The number of rotatable bonds is 5. The number of benzene rings is 1. The lowest BCUT2D eigenvalue weighted by molar-refractivity contribution is 0.200. The first-order valence-corrected chi connectivity index (χ1v) is 6.42. The minimum Gasteiger partial charge on any atom is -0.294 e. The summed E-state index contributed by atoms with van der Waals surface area (Å²) >= 11 is 0. The second-order valence-corrected chi connectivity index (χ2v) is 5.33. The van der Waals surface area contributed by atoms with Crippen LogP contribution in [0.1, 0.15) is 38.8 Å². The van der Waals surface area contributed by atoms with E-state index in [1.165, 1.54) is 16.7 Å². The van der Waals surface area contributed by atoms with Crippen molar-refractivity contribution in [2.45, 2.75) is 46.7 Å². The summed E-state index contributed by atoms with van der Waals surface area (Å²) in [6.07, 6.45) is 0. The molecule has 0 radical (unpaired) electrons. The predicted molar refractivity (Wildman–Crippen MR) is 77.2 cm³/mol. The van der Waals surface area contributed by atoms with Gasteiger partial charge in [0.05, 0.1) is 0 Å². The monoisotopic (exact) mass is 231 g/mol. The molecule has 0 amide bonds. The van der Waals surface area contributed by atoms with Crippen LogP contribution in [0.5, 0.6) is 0 Å². The van der Waals surface area contributed by atoms with Crippen molar-refractivity contribution in [2.24, 2.45) is 0 Å². The Balaban J connectivity index is 2.74. The molecular formula is C16H25N. The van der Waals surface area contributed by atoms with Crippen LogP contribution in [0.4, 0.5) is 0 Å². The van der Waals surface area contributed by atoms with Gasteiger partial charge < -0.3 is 0 Å². The van der Waals surface area contributed by atoms with Gasteiger partial charge in [0.2, 0.25) is 0 Å². The lowest BCUT2D eigenvalue weighted by atomic mass is 10.0. The molecule has 0 heterocycles. The van der Waals surface area contributed by atoms with Crippen LogP contribution in [0, 0.1) is 6.92 Å². The van der Waals surface area contributed by atoms with Crippen LogP contribution in [0.15, 0.2) is 30.8 Å². The average molecular weight is 231 g/mol. The third-order valence-electron chi connectivity index (χ3n) is 3.16. The van der Waals surface area contributed by atoms with E-state index in [1.54, 1.807) is 0 Å². The topological polar surface area (TPSA) is 3.24 Å². The zero-order valence-corrected chi connectivity index (χ0v) is 11.8. The fraction of sp³-hybridized carbons (Fsp3) is 0.500. The van der Waals surface area contributed by atoms with Gasteiger partial charge in [0.1, 0.15) is 0 Å². The normalized spacial score (nSPS) is 11.5. The van der Waals surface area contributed by atoms with Crippen LogP contribution < -0.4 is 0 Å². The summed E-state index contributed by atoms with van der Waals surface area (Å²) < 4.78 is 0. The van der Waals surface area contributed by atoms with Gasteiger partial charge in [-0.25, -0.2) is 0 Å². The van der Waals surface area contributed by atoms with Gasteiger partial charge >= 0.3 is 0 Å². The van der Waals surface area contributed by atoms with Crippen molar-refractivity contribution in [2.75, 3.05) is 6.54 Å². The van der Waals surface area contributed by atoms with Gasteiger partial charge in [0, 0.05) is 18.6 Å². The molecule has 1 heteroatoms. The maximum Gasteiger partial charge on any atom is 0.0239 e. The molecule has 0 fully saturated rings. The summed E-state index contributed by atoms with van der Waals surface area (Å²) in [5.74, 6) is 0. The van der Waals surface area contributed by atoms with Crippen molar-refractivity contribution in [3.05, 3.63) is 42.0 Å². The van der Waals surface area contributed by atoms with Crippen molar-refractivity contribution >= 4 is 5.57 Å². The van der Waals surface area contributed by atoms with E-state index in [1.807, 2.05) is 0 Å². The van der Waals surface area contributed by atoms with Gasteiger partial charge in [-0.05, 0) is 45.8 Å². The zero-order valence-electron chi connectivity index (χ0n) is 11.8. The van der Waals surface area contributed by atoms with Crippen LogP contribution in [0.3, 0.4) is 0 Å². The van der Waals surface area contributed by atoms with E-state index in [9.17, 15) is 0 Å². The Morgan fingerprint density at radius 1 is 1.06 bits per heavy atom. The van der Waals surface area contributed by atoms with Gasteiger partial charge in [-0.15, -0.1) is 0 Å². The molecule has 94 valence electrons. The molecule has 17 heavy (non-hydrogen) atoms. The van der Waals surface area contributed by atoms with E-state index in [0.717, 1.165) is 6.54 Å². The molecule has 0 aliphatic rings. The molecule has 1 nitrogen and oxygen atoms in total. The van der Waals surface area contributed by atoms with Gasteiger partial charge in [0.15, 0.2) is 0 Å². The highest BCUT2D eigenvalue weighted by molar-refractivity contribution is 5.64. The van der Waals surface area contributed by atoms with Gasteiger partial charge in [-0.2, -0.15) is 0 Å². The van der Waals surface area contributed by atoms with Crippen molar-refractivity contribution in [1.82, 2.24) is 4.90 Å². The maximum atomic E-state index is 4.22. The standard InChI is InChI=1S/C16H25N/c1-12(2)17(13(3)4)11-15(6)16-9-7-14(5)8-10-16/h7-10,12-13H,6,11H2,1-5H3. The molecule has 0 saturated heterocycles. The molecule has 0 aliphatic heterocycles. The van der Waals surface area contributed by atoms with Crippen LogP contribution in [-0.2, 0) is 0 Å². The SMILES string of the molecule is C=C(CN(C(C)C)C(C)C)c1ccc(C)cc1. The molecule has 1 aromatic carbocycles. The highest BCUT2D eigenvalue weighted by atomic mass is 15.2. The molecule has 0 N–H and O–H groups in total.